The van der Waals surface area contributed by atoms with Crippen molar-refractivity contribution in [3.8, 4) is 0 Å². The van der Waals surface area contributed by atoms with E-state index in [0.29, 0.717) is 19.3 Å². The van der Waals surface area contributed by atoms with E-state index in [0.717, 1.165) is 36.4 Å². The van der Waals surface area contributed by atoms with Crippen molar-refractivity contribution in [1.82, 2.24) is 0 Å². The Kier molecular flexibility index (Phi) is 7.70. The second-order valence-electron chi connectivity index (χ2n) is 7.72. The third-order valence-electron chi connectivity index (χ3n) is 5.67. The van der Waals surface area contributed by atoms with E-state index in [2.05, 4.69) is 43.2 Å². The molecular weight excluding hydrogens is 398 g/mol. The Bertz CT molecular complexity index is 863. The molecule has 2 rings (SSSR count). The van der Waals surface area contributed by atoms with Crippen LogP contribution in [-0.2, 0) is 20.3 Å². The number of hydrogen-bond donors (Lipinski definition) is 3. The number of aliphatic carboxylic acids is 1. The quantitative estimate of drug-likeness (QED) is 0.214. The molecular formula is C20H30NO5S2+. The molecule has 0 aromatic heterocycles. The number of carboxylic acids is 1. The molecule has 1 atom stereocenters. The first-order valence-electron chi connectivity index (χ1n) is 9.66. The van der Waals surface area contributed by atoms with Crippen LogP contribution in [0.2, 0.25) is 0 Å². The second-order valence-corrected chi connectivity index (χ2v) is 9.81. The van der Waals surface area contributed by atoms with Crippen molar-refractivity contribution in [3.05, 3.63) is 23.8 Å². The normalized spacial score (nSPS) is 19.1. The first-order valence-corrected chi connectivity index (χ1v) is 11.7. The van der Waals surface area contributed by atoms with E-state index in [4.69, 9.17) is 9.66 Å². The molecule has 6 nitrogen and oxygen atoms in total. The van der Waals surface area contributed by atoms with E-state index in [-0.39, 0.29) is 17.6 Å². The molecule has 28 heavy (non-hydrogen) atoms. The third kappa shape index (κ3) is 5.81. The van der Waals surface area contributed by atoms with Gasteiger partial charge in [0.25, 0.3) is 10.1 Å². The summed E-state index contributed by atoms with van der Waals surface area (Å²) in [7, 11) is -3.93. The summed E-state index contributed by atoms with van der Waals surface area (Å²) in [6, 6.07) is 6.12. The van der Waals surface area contributed by atoms with Gasteiger partial charge in [-0.1, -0.05) is 6.42 Å². The molecule has 0 saturated carbocycles. The zero-order valence-electron chi connectivity index (χ0n) is 16.5. The summed E-state index contributed by atoms with van der Waals surface area (Å²) in [5.41, 5.74) is 3.33. The smallest absolute Gasteiger partial charge is 0.303 e. The molecule has 1 aromatic carbocycles. The van der Waals surface area contributed by atoms with E-state index in [1.807, 2.05) is 6.07 Å². The Morgan fingerprint density at radius 3 is 2.54 bits per heavy atom. The van der Waals surface area contributed by atoms with Crippen LogP contribution < -0.4 is 0 Å². The standard InChI is InChI=1S/C20H29NO5S2/c1-15-20(2,11-5-7-13-28(24,25)26)17-14-16(27)9-10-18(17)21(15)12-6-3-4-8-19(22)23/h9-10,14H,3-8,11-13H2,1-2H3,(H2-,22,23,24,25,26,27)/p+1. The van der Waals surface area contributed by atoms with Crippen LogP contribution >= 0.6 is 12.6 Å². The number of carboxylic acid groups (broad SMARTS) is 1. The van der Waals surface area contributed by atoms with Gasteiger partial charge in [-0.25, -0.2) is 0 Å². The van der Waals surface area contributed by atoms with Crippen LogP contribution in [-0.4, -0.2) is 46.6 Å². The Morgan fingerprint density at radius 1 is 1.18 bits per heavy atom. The summed E-state index contributed by atoms with van der Waals surface area (Å²) >= 11 is 4.49. The lowest BCUT2D eigenvalue weighted by molar-refractivity contribution is -0.439. The van der Waals surface area contributed by atoms with Crippen LogP contribution in [0.25, 0.3) is 0 Å². The highest BCUT2D eigenvalue weighted by Crippen LogP contribution is 2.44. The maximum absolute atomic E-state index is 11.0. The molecule has 0 bridgehead atoms. The first kappa shape index (κ1) is 22.9. The van der Waals surface area contributed by atoms with Crippen molar-refractivity contribution in [2.24, 2.45) is 0 Å². The predicted molar refractivity (Wildman–Crippen MR) is 113 cm³/mol. The van der Waals surface area contributed by atoms with Crippen molar-refractivity contribution in [2.75, 3.05) is 12.3 Å². The highest BCUT2D eigenvalue weighted by atomic mass is 32.2. The molecule has 0 aliphatic carbocycles. The fourth-order valence-corrected chi connectivity index (χ4v) is 4.74. The highest BCUT2D eigenvalue weighted by molar-refractivity contribution is 7.85. The lowest BCUT2D eigenvalue weighted by atomic mass is 9.76. The zero-order chi connectivity index (χ0) is 20.9. The lowest BCUT2D eigenvalue weighted by Crippen LogP contribution is -2.30. The summed E-state index contributed by atoms with van der Waals surface area (Å²) in [5, 5.41) is 8.77. The van der Waals surface area contributed by atoms with Gasteiger partial charge >= 0.3 is 5.97 Å². The predicted octanol–water partition coefficient (Wildman–Crippen LogP) is 4.05. The van der Waals surface area contributed by atoms with Gasteiger partial charge in [-0.05, 0) is 44.7 Å². The van der Waals surface area contributed by atoms with Crippen LogP contribution in [0.15, 0.2) is 23.1 Å². The summed E-state index contributed by atoms with van der Waals surface area (Å²) in [5.74, 6) is -0.970. The Balaban J connectivity index is 2.14. The van der Waals surface area contributed by atoms with Crippen molar-refractivity contribution in [1.29, 1.82) is 0 Å². The van der Waals surface area contributed by atoms with Crippen molar-refractivity contribution < 1.29 is 27.4 Å². The molecule has 1 heterocycles. The Hall–Kier alpha value is -1.38. The second kappa shape index (κ2) is 9.41. The summed E-state index contributed by atoms with van der Waals surface area (Å²) in [6.07, 6.45) is 4.55. The van der Waals surface area contributed by atoms with Crippen LogP contribution in [0.5, 0.6) is 0 Å². The highest BCUT2D eigenvalue weighted by Gasteiger charge is 2.45. The van der Waals surface area contributed by atoms with Crippen molar-refractivity contribution in [2.45, 2.75) is 69.1 Å². The van der Waals surface area contributed by atoms with Crippen molar-refractivity contribution >= 4 is 40.1 Å². The molecule has 156 valence electrons. The van der Waals surface area contributed by atoms with Gasteiger partial charge in [-0.2, -0.15) is 13.0 Å². The molecule has 0 amide bonds. The molecule has 1 aromatic rings. The van der Waals surface area contributed by atoms with Gasteiger partial charge in [0.15, 0.2) is 5.71 Å². The van der Waals surface area contributed by atoms with Crippen molar-refractivity contribution in [3.63, 3.8) is 0 Å². The van der Waals surface area contributed by atoms with E-state index in [9.17, 15) is 13.2 Å². The van der Waals surface area contributed by atoms with Gasteiger partial charge in [-0.3, -0.25) is 9.35 Å². The number of unbranched alkanes of at least 4 members (excludes halogenated alkanes) is 3. The number of carbonyl (C=O) groups is 1. The summed E-state index contributed by atoms with van der Waals surface area (Å²) in [4.78, 5) is 11.6. The molecule has 1 aliphatic heterocycles. The van der Waals surface area contributed by atoms with Crippen LogP contribution in [0.1, 0.15) is 64.4 Å². The first-order chi connectivity index (χ1) is 13.0. The lowest BCUT2D eigenvalue weighted by Gasteiger charge is -2.22. The summed E-state index contributed by atoms with van der Waals surface area (Å²) in [6.45, 7) is 5.11. The molecule has 1 aliphatic rings. The van der Waals surface area contributed by atoms with Gasteiger partial charge in [0.05, 0.1) is 11.2 Å². The Labute approximate surface area is 172 Å². The number of benzene rings is 1. The molecule has 0 saturated heterocycles. The molecule has 1 unspecified atom stereocenters. The van der Waals surface area contributed by atoms with Crippen LogP contribution in [0.4, 0.5) is 5.69 Å². The number of rotatable bonds is 11. The maximum Gasteiger partial charge on any atom is 0.303 e. The maximum atomic E-state index is 11.0. The molecule has 2 N–H and O–H groups in total. The molecule has 0 fully saturated rings. The molecule has 8 heteroatoms. The number of fused-ring (bicyclic) bond motifs is 1. The molecule has 0 spiro atoms. The fourth-order valence-electron chi connectivity index (χ4n) is 3.96. The fraction of sp³-hybridized carbons (Fsp3) is 0.600. The number of hydrogen-bond acceptors (Lipinski definition) is 4. The minimum atomic E-state index is -3.93. The van der Waals surface area contributed by atoms with Crippen LogP contribution in [0, 0.1) is 0 Å². The van der Waals surface area contributed by atoms with E-state index in [1.54, 1.807) is 0 Å². The van der Waals surface area contributed by atoms with Crippen LogP contribution in [0.3, 0.4) is 0 Å². The topological polar surface area (TPSA) is 94.7 Å². The number of thiol groups is 1. The third-order valence-corrected chi connectivity index (χ3v) is 6.75. The Morgan fingerprint density at radius 2 is 1.89 bits per heavy atom. The van der Waals surface area contributed by atoms with E-state index >= 15 is 0 Å². The van der Waals surface area contributed by atoms with Gasteiger partial charge in [0.1, 0.15) is 6.54 Å². The molecule has 0 radical (unpaired) electrons. The zero-order valence-corrected chi connectivity index (χ0v) is 18.2. The average molecular weight is 429 g/mol. The minimum Gasteiger partial charge on any atom is -0.481 e. The minimum absolute atomic E-state index is 0.202. The summed E-state index contributed by atoms with van der Waals surface area (Å²) < 4.78 is 33.2. The average Bonchev–Trinajstić information content (AvgIpc) is 2.79. The largest absolute Gasteiger partial charge is 0.481 e. The van der Waals surface area contributed by atoms with Gasteiger partial charge in [-0.15, -0.1) is 12.6 Å². The van der Waals surface area contributed by atoms with Gasteiger partial charge < -0.3 is 5.11 Å². The SMILES string of the molecule is CC1=[N+](CCCCCC(=O)O)c2ccc(S)cc2C1(C)CCCCS(=O)(=O)O. The monoisotopic (exact) mass is 428 g/mol. The van der Waals surface area contributed by atoms with E-state index < -0.39 is 16.1 Å². The van der Waals surface area contributed by atoms with Gasteiger partial charge in [0, 0.05) is 36.3 Å². The van der Waals surface area contributed by atoms with Gasteiger partial charge in [0.2, 0.25) is 5.69 Å². The van der Waals surface area contributed by atoms with E-state index in [1.165, 1.54) is 11.3 Å². The number of nitrogens with zero attached hydrogens (tertiary/aromatic N) is 1.